The maximum atomic E-state index is 13.7. The van der Waals surface area contributed by atoms with E-state index in [0.717, 1.165) is 10.0 Å². The van der Waals surface area contributed by atoms with Crippen LogP contribution in [0, 0.1) is 5.82 Å². The summed E-state index contributed by atoms with van der Waals surface area (Å²) >= 11 is 9.11. The van der Waals surface area contributed by atoms with Crippen molar-refractivity contribution in [3.8, 4) is 0 Å². The van der Waals surface area contributed by atoms with Gasteiger partial charge in [-0.15, -0.1) is 0 Å². The minimum Gasteiger partial charge on any atom is -0.324 e. The highest BCUT2D eigenvalue weighted by molar-refractivity contribution is 9.10. The number of hydrogen-bond donors (Lipinski definition) is 1. The van der Waals surface area contributed by atoms with Crippen molar-refractivity contribution in [1.82, 2.24) is 0 Å². The van der Waals surface area contributed by atoms with E-state index in [9.17, 15) is 4.39 Å². The van der Waals surface area contributed by atoms with Gasteiger partial charge in [0.25, 0.3) is 0 Å². The van der Waals surface area contributed by atoms with E-state index in [0.29, 0.717) is 12.0 Å². The minimum absolute atomic E-state index is 0.135. The molecule has 4 heteroatoms. The average molecular weight is 329 g/mol. The third-order valence-corrected chi connectivity index (χ3v) is 3.59. The number of rotatable bonds is 3. The molecule has 0 amide bonds. The molecule has 18 heavy (non-hydrogen) atoms. The predicted octanol–water partition coefficient (Wildman–Crippen LogP) is 4.48. The van der Waals surface area contributed by atoms with Crippen molar-refractivity contribution in [3.63, 3.8) is 0 Å². The second-order valence-corrected chi connectivity index (χ2v) is 5.40. The van der Waals surface area contributed by atoms with Crippen LogP contribution in [0.1, 0.15) is 17.2 Å². The van der Waals surface area contributed by atoms with Gasteiger partial charge in [0.1, 0.15) is 5.82 Å². The molecule has 0 aromatic heterocycles. The Balaban J connectivity index is 2.18. The lowest BCUT2D eigenvalue weighted by Crippen LogP contribution is -2.14. The number of nitrogens with two attached hydrogens (primary N) is 1. The van der Waals surface area contributed by atoms with Gasteiger partial charge in [0.2, 0.25) is 0 Å². The second kappa shape index (κ2) is 5.83. The number of halogens is 3. The molecule has 0 aliphatic carbocycles. The Hall–Kier alpha value is -0.900. The molecule has 1 unspecified atom stereocenters. The van der Waals surface area contributed by atoms with Gasteiger partial charge in [-0.05, 0) is 35.7 Å². The van der Waals surface area contributed by atoms with Crippen LogP contribution >= 0.6 is 27.5 Å². The summed E-state index contributed by atoms with van der Waals surface area (Å²) in [5.74, 6) is -0.383. The van der Waals surface area contributed by atoms with Crippen molar-refractivity contribution in [2.24, 2.45) is 5.73 Å². The van der Waals surface area contributed by atoms with Crippen LogP contribution in [0.4, 0.5) is 4.39 Å². The Morgan fingerprint density at radius 3 is 2.50 bits per heavy atom. The maximum Gasteiger partial charge on any atom is 0.145 e. The maximum absolute atomic E-state index is 13.7. The van der Waals surface area contributed by atoms with Crippen molar-refractivity contribution in [1.29, 1.82) is 0 Å². The lowest BCUT2D eigenvalue weighted by Gasteiger charge is -2.13. The smallest absolute Gasteiger partial charge is 0.145 e. The standard InChI is InChI=1S/C14H12BrClFN/c15-11-6-4-9(5-7-11)13(18)8-10-2-1-3-12(16)14(10)17/h1-7,13H,8,18H2. The molecule has 0 bridgehead atoms. The molecule has 2 rings (SSSR count). The molecule has 2 aromatic carbocycles. The van der Waals surface area contributed by atoms with Crippen molar-refractivity contribution < 1.29 is 4.39 Å². The van der Waals surface area contributed by atoms with Gasteiger partial charge >= 0.3 is 0 Å². The molecule has 0 fully saturated rings. The van der Waals surface area contributed by atoms with E-state index in [2.05, 4.69) is 15.9 Å². The minimum atomic E-state index is -0.383. The van der Waals surface area contributed by atoms with E-state index >= 15 is 0 Å². The van der Waals surface area contributed by atoms with Gasteiger partial charge in [0.15, 0.2) is 0 Å². The van der Waals surface area contributed by atoms with Crippen molar-refractivity contribution in [3.05, 3.63) is 68.9 Å². The summed E-state index contributed by atoms with van der Waals surface area (Å²) in [6.07, 6.45) is 0.425. The third-order valence-electron chi connectivity index (χ3n) is 2.77. The topological polar surface area (TPSA) is 26.0 Å². The van der Waals surface area contributed by atoms with E-state index in [-0.39, 0.29) is 16.9 Å². The van der Waals surface area contributed by atoms with Gasteiger partial charge in [0, 0.05) is 10.5 Å². The number of hydrogen-bond acceptors (Lipinski definition) is 1. The van der Waals surface area contributed by atoms with Gasteiger partial charge in [-0.25, -0.2) is 4.39 Å². The largest absolute Gasteiger partial charge is 0.324 e. The van der Waals surface area contributed by atoms with Gasteiger partial charge < -0.3 is 5.73 Å². The van der Waals surface area contributed by atoms with Crippen LogP contribution in [0.5, 0.6) is 0 Å². The van der Waals surface area contributed by atoms with Crippen molar-refractivity contribution in [2.75, 3.05) is 0 Å². The van der Waals surface area contributed by atoms with E-state index in [4.69, 9.17) is 17.3 Å². The predicted molar refractivity (Wildman–Crippen MR) is 76.2 cm³/mol. The van der Waals surface area contributed by atoms with E-state index in [1.54, 1.807) is 12.1 Å². The Bertz CT molecular complexity index is 542. The molecular weight excluding hydrogens is 317 g/mol. The van der Waals surface area contributed by atoms with Crippen LogP contribution < -0.4 is 5.73 Å². The van der Waals surface area contributed by atoms with Crippen LogP contribution in [0.25, 0.3) is 0 Å². The first-order chi connectivity index (χ1) is 8.58. The zero-order valence-corrected chi connectivity index (χ0v) is 11.9. The molecule has 0 aliphatic rings. The van der Waals surface area contributed by atoms with Gasteiger partial charge in [-0.2, -0.15) is 0 Å². The molecule has 1 nitrogen and oxygen atoms in total. The van der Waals surface area contributed by atoms with Crippen LogP contribution in [-0.4, -0.2) is 0 Å². The fourth-order valence-corrected chi connectivity index (χ4v) is 2.23. The van der Waals surface area contributed by atoms with E-state index in [1.165, 1.54) is 6.07 Å². The monoisotopic (exact) mass is 327 g/mol. The highest BCUT2D eigenvalue weighted by Crippen LogP contribution is 2.23. The lowest BCUT2D eigenvalue weighted by molar-refractivity contribution is 0.594. The third kappa shape index (κ3) is 3.10. The molecule has 94 valence electrons. The molecule has 0 aliphatic heterocycles. The molecule has 1 atom stereocenters. The van der Waals surface area contributed by atoms with Crippen LogP contribution in [0.3, 0.4) is 0 Å². The summed E-state index contributed by atoms with van der Waals surface area (Å²) in [5.41, 5.74) is 7.58. The summed E-state index contributed by atoms with van der Waals surface area (Å²) in [6, 6.07) is 12.4. The summed E-state index contributed by atoms with van der Waals surface area (Å²) in [7, 11) is 0. The normalized spacial score (nSPS) is 12.4. The zero-order valence-electron chi connectivity index (χ0n) is 9.54. The van der Waals surface area contributed by atoms with Crippen molar-refractivity contribution in [2.45, 2.75) is 12.5 Å². The van der Waals surface area contributed by atoms with Crippen LogP contribution in [0.15, 0.2) is 46.9 Å². The molecule has 2 aromatic rings. The molecule has 0 saturated heterocycles. The summed E-state index contributed by atoms with van der Waals surface area (Å²) in [4.78, 5) is 0. The first-order valence-electron chi connectivity index (χ1n) is 5.52. The van der Waals surface area contributed by atoms with Crippen LogP contribution in [0.2, 0.25) is 5.02 Å². The molecule has 0 radical (unpaired) electrons. The highest BCUT2D eigenvalue weighted by Gasteiger charge is 2.12. The number of benzene rings is 2. The molecule has 2 N–H and O–H groups in total. The highest BCUT2D eigenvalue weighted by atomic mass is 79.9. The molecule has 0 saturated carbocycles. The molecule has 0 heterocycles. The fraction of sp³-hybridized carbons (Fsp3) is 0.143. The molecular formula is C14H12BrClFN. The Kier molecular flexibility index (Phi) is 4.38. The quantitative estimate of drug-likeness (QED) is 0.883. The van der Waals surface area contributed by atoms with Gasteiger partial charge in [0.05, 0.1) is 5.02 Å². The summed E-state index contributed by atoms with van der Waals surface area (Å²) < 4.78 is 14.7. The van der Waals surface area contributed by atoms with Crippen LogP contribution in [-0.2, 0) is 6.42 Å². The summed E-state index contributed by atoms with van der Waals surface area (Å²) in [5, 5.41) is 0.135. The van der Waals surface area contributed by atoms with Gasteiger partial charge in [-0.3, -0.25) is 0 Å². The molecule has 0 spiro atoms. The average Bonchev–Trinajstić information content (AvgIpc) is 2.36. The zero-order chi connectivity index (χ0) is 13.1. The van der Waals surface area contributed by atoms with Crippen molar-refractivity contribution >= 4 is 27.5 Å². The fourth-order valence-electron chi connectivity index (χ4n) is 1.77. The van der Waals surface area contributed by atoms with Gasteiger partial charge in [-0.1, -0.05) is 51.8 Å². The lowest BCUT2D eigenvalue weighted by atomic mass is 9.99. The van der Waals surface area contributed by atoms with E-state index in [1.807, 2.05) is 24.3 Å². The first-order valence-corrected chi connectivity index (χ1v) is 6.69. The van der Waals surface area contributed by atoms with E-state index < -0.39 is 0 Å². The Morgan fingerprint density at radius 1 is 1.17 bits per heavy atom. The second-order valence-electron chi connectivity index (χ2n) is 4.08. The summed E-state index contributed by atoms with van der Waals surface area (Å²) in [6.45, 7) is 0. The first kappa shape index (κ1) is 13.5. The SMILES string of the molecule is NC(Cc1cccc(Cl)c1F)c1ccc(Br)cc1. The Labute approximate surface area is 119 Å². The Morgan fingerprint density at radius 2 is 1.83 bits per heavy atom.